The van der Waals surface area contributed by atoms with Crippen LogP contribution in [0.25, 0.3) is 0 Å². The monoisotopic (exact) mass is 338 g/mol. The Bertz CT molecular complexity index is 684. The minimum atomic E-state index is -3.85. The van der Waals surface area contributed by atoms with E-state index in [-0.39, 0.29) is 21.5 Å². The van der Waals surface area contributed by atoms with Gasteiger partial charge < -0.3 is 5.73 Å². The van der Waals surface area contributed by atoms with Gasteiger partial charge in [-0.2, -0.15) is 11.8 Å². The fourth-order valence-electron chi connectivity index (χ4n) is 1.59. The first-order valence-corrected chi connectivity index (χ1v) is 10.5. The van der Waals surface area contributed by atoms with Crippen molar-refractivity contribution in [3.8, 4) is 0 Å². The second-order valence-electron chi connectivity index (χ2n) is 4.45. The van der Waals surface area contributed by atoms with E-state index in [4.69, 9.17) is 5.73 Å². The van der Waals surface area contributed by atoms with Crippen LogP contribution in [0.3, 0.4) is 0 Å². The van der Waals surface area contributed by atoms with E-state index in [0.717, 1.165) is 12.3 Å². The van der Waals surface area contributed by atoms with Gasteiger partial charge in [-0.05, 0) is 31.4 Å². The molecular formula is C11H18N2O4S3. The highest BCUT2D eigenvalue weighted by Crippen LogP contribution is 2.22. The van der Waals surface area contributed by atoms with E-state index in [1.807, 2.05) is 6.26 Å². The van der Waals surface area contributed by atoms with Crippen molar-refractivity contribution < 1.29 is 16.8 Å². The number of thioether (sulfide) groups is 1. The minimum absolute atomic E-state index is 0.0150. The van der Waals surface area contributed by atoms with Crippen molar-refractivity contribution in [1.82, 2.24) is 4.72 Å². The Hall–Kier alpha value is -0.770. The number of sulfone groups is 1. The average Bonchev–Trinajstić information content (AvgIpc) is 2.26. The molecule has 0 saturated carbocycles. The molecule has 0 aromatic heterocycles. The van der Waals surface area contributed by atoms with Crippen molar-refractivity contribution in [1.29, 1.82) is 0 Å². The van der Waals surface area contributed by atoms with Gasteiger partial charge in [-0.15, -0.1) is 0 Å². The van der Waals surface area contributed by atoms with Crippen molar-refractivity contribution in [3.63, 3.8) is 0 Å². The van der Waals surface area contributed by atoms with Crippen LogP contribution >= 0.6 is 11.8 Å². The lowest BCUT2D eigenvalue weighted by molar-refractivity contribution is 0.571. The summed E-state index contributed by atoms with van der Waals surface area (Å²) in [7, 11) is -7.34. The summed E-state index contributed by atoms with van der Waals surface area (Å²) in [5, 5.41) is 0. The van der Waals surface area contributed by atoms with Gasteiger partial charge in [0.1, 0.15) is 4.90 Å². The van der Waals surface area contributed by atoms with Crippen LogP contribution in [0.4, 0.5) is 5.69 Å². The van der Waals surface area contributed by atoms with E-state index in [1.165, 1.54) is 23.9 Å². The van der Waals surface area contributed by atoms with Gasteiger partial charge >= 0.3 is 0 Å². The smallest absolute Gasteiger partial charge is 0.242 e. The lowest BCUT2D eigenvalue weighted by Crippen LogP contribution is -2.34. The molecule has 0 heterocycles. The number of benzene rings is 1. The SMILES string of the molecule is CSCC(C)NS(=O)(=O)c1cc(S(C)(=O)=O)ccc1N. The van der Waals surface area contributed by atoms with E-state index in [2.05, 4.69) is 4.72 Å². The maximum atomic E-state index is 12.2. The van der Waals surface area contributed by atoms with Gasteiger partial charge in [0.25, 0.3) is 0 Å². The number of hydrogen-bond donors (Lipinski definition) is 2. The summed E-state index contributed by atoms with van der Waals surface area (Å²) in [6, 6.07) is 3.37. The standard InChI is InChI=1S/C11H18N2O4S3/c1-8(7-18-2)13-20(16,17)11-6-9(19(3,14)15)4-5-10(11)12/h4-6,8,13H,7,12H2,1-3H3. The molecule has 6 nitrogen and oxygen atoms in total. The number of rotatable bonds is 6. The molecule has 0 aliphatic rings. The highest BCUT2D eigenvalue weighted by Gasteiger charge is 2.22. The maximum absolute atomic E-state index is 12.2. The van der Waals surface area contributed by atoms with Crippen LogP contribution in [-0.4, -0.2) is 41.1 Å². The Morgan fingerprint density at radius 3 is 2.40 bits per heavy atom. The molecular weight excluding hydrogens is 320 g/mol. The fraction of sp³-hybridized carbons (Fsp3) is 0.455. The Balaban J connectivity index is 3.24. The normalized spacial score (nSPS) is 14.2. The highest BCUT2D eigenvalue weighted by atomic mass is 32.2. The fourth-order valence-corrected chi connectivity index (χ4v) is 4.40. The van der Waals surface area contributed by atoms with Crippen molar-refractivity contribution in [3.05, 3.63) is 18.2 Å². The minimum Gasteiger partial charge on any atom is -0.398 e. The van der Waals surface area contributed by atoms with Crippen LogP contribution in [0.15, 0.2) is 28.0 Å². The van der Waals surface area contributed by atoms with E-state index < -0.39 is 19.9 Å². The van der Waals surface area contributed by atoms with E-state index in [0.29, 0.717) is 5.75 Å². The van der Waals surface area contributed by atoms with Crippen molar-refractivity contribution in [2.24, 2.45) is 0 Å². The van der Waals surface area contributed by atoms with Gasteiger partial charge in [-0.3, -0.25) is 0 Å². The van der Waals surface area contributed by atoms with Crippen LogP contribution in [-0.2, 0) is 19.9 Å². The van der Waals surface area contributed by atoms with E-state index in [9.17, 15) is 16.8 Å². The molecule has 9 heteroatoms. The van der Waals surface area contributed by atoms with Crippen molar-refractivity contribution in [2.75, 3.05) is 24.0 Å². The first-order chi connectivity index (χ1) is 9.08. The number of anilines is 1. The first-order valence-electron chi connectivity index (χ1n) is 5.69. The van der Waals surface area contributed by atoms with Gasteiger partial charge in [0.05, 0.1) is 10.6 Å². The molecule has 1 unspecified atom stereocenters. The third-order valence-corrected chi connectivity index (χ3v) is 6.06. The number of nitrogens with two attached hydrogens (primary N) is 1. The Morgan fingerprint density at radius 2 is 1.90 bits per heavy atom. The zero-order valence-corrected chi connectivity index (χ0v) is 13.9. The molecule has 0 fully saturated rings. The topological polar surface area (TPSA) is 106 Å². The quantitative estimate of drug-likeness (QED) is 0.740. The molecule has 0 spiro atoms. The highest BCUT2D eigenvalue weighted by molar-refractivity contribution is 7.98. The summed E-state index contributed by atoms with van der Waals surface area (Å²) >= 11 is 1.50. The summed E-state index contributed by atoms with van der Waals surface area (Å²) in [5.74, 6) is 0.602. The van der Waals surface area contributed by atoms with Crippen LogP contribution in [0, 0.1) is 0 Å². The third-order valence-electron chi connectivity index (χ3n) is 2.48. The van der Waals surface area contributed by atoms with E-state index in [1.54, 1.807) is 6.92 Å². The summed E-state index contributed by atoms with van der Waals surface area (Å²) in [6.45, 7) is 1.73. The Labute approximate surface area is 124 Å². The molecule has 20 heavy (non-hydrogen) atoms. The summed E-state index contributed by atoms with van der Waals surface area (Å²) in [5.41, 5.74) is 5.66. The molecule has 0 bridgehead atoms. The van der Waals surface area contributed by atoms with Gasteiger partial charge in [-0.1, -0.05) is 0 Å². The lowest BCUT2D eigenvalue weighted by atomic mass is 10.3. The van der Waals surface area contributed by atoms with E-state index >= 15 is 0 Å². The first kappa shape index (κ1) is 17.3. The molecule has 0 amide bonds. The Morgan fingerprint density at radius 1 is 1.30 bits per heavy atom. The molecule has 1 atom stereocenters. The van der Waals surface area contributed by atoms with Crippen molar-refractivity contribution in [2.45, 2.75) is 22.8 Å². The molecule has 114 valence electrons. The largest absolute Gasteiger partial charge is 0.398 e. The second-order valence-corrected chi connectivity index (χ2v) is 9.06. The average molecular weight is 338 g/mol. The summed E-state index contributed by atoms with van der Waals surface area (Å²) in [4.78, 5) is -0.294. The molecule has 1 rings (SSSR count). The summed E-state index contributed by atoms with van der Waals surface area (Å²) in [6.07, 6.45) is 2.88. The molecule has 0 saturated heterocycles. The zero-order valence-electron chi connectivity index (χ0n) is 11.5. The predicted molar refractivity (Wildman–Crippen MR) is 82.1 cm³/mol. The molecule has 1 aromatic carbocycles. The second kappa shape index (κ2) is 6.33. The molecule has 0 aliphatic carbocycles. The predicted octanol–water partition coefficient (Wildman–Crippen LogP) is 0.702. The molecule has 3 N–H and O–H groups in total. The Kier molecular flexibility index (Phi) is 5.47. The molecule has 0 aliphatic heterocycles. The summed E-state index contributed by atoms with van der Waals surface area (Å²) < 4.78 is 49.9. The van der Waals surface area contributed by atoms with Crippen LogP contribution < -0.4 is 10.5 Å². The van der Waals surface area contributed by atoms with Gasteiger partial charge in [0, 0.05) is 18.1 Å². The number of nitrogen functional groups attached to an aromatic ring is 1. The third kappa shape index (κ3) is 4.37. The van der Waals surface area contributed by atoms with Crippen molar-refractivity contribution >= 4 is 37.3 Å². The van der Waals surface area contributed by atoms with Gasteiger partial charge in [0.15, 0.2) is 9.84 Å². The molecule has 0 radical (unpaired) electrons. The van der Waals surface area contributed by atoms with Crippen LogP contribution in [0.1, 0.15) is 6.92 Å². The zero-order chi connectivity index (χ0) is 15.6. The lowest BCUT2D eigenvalue weighted by Gasteiger charge is -2.14. The maximum Gasteiger partial charge on any atom is 0.242 e. The number of nitrogens with one attached hydrogen (secondary N) is 1. The van der Waals surface area contributed by atoms with Gasteiger partial charge in [0.2, 0.25) is 10.0 Å². The molecule has 1 aromatic rings. The number of hydrogen-bond acceptors (Lipinski definition) is 6. The van der Waals surface area contributed by atoms with Crippen LogP contribution in [0.2, 0.25) is 0 Å². The van der Waals surface area contributed by atoms with Crippen LogP contribution in [0.5, 0.6) is 0 Å². The number of sulfonamides is 1. The van der Waals surface area contributed by atoms with Gasteiger partial charge in [-0.25, -0.2) is 21.6 Å².